The zero-order valence-electron chi connectivity index (χ0n) is 17.4. The maximum Gasteiger partial charge on any atom is 0.280 e. The quantitative estimate of drug-likeness (QED) is 0.538. The van der Waals surface area contributed by atoms with Crippen molar-refractivity contribution in [2.45, 2.75) is 39.2 Å². The maximum absolute atomic E-state index is 12.8. The number of hydrogen-bond donors (Lipinski definition) is 3. The fourth-order valence-electron chi connectivity index (χ4n) is 3.63. The molecule has 3 rings (SSSR count). The lowest BCUT2D eigenvalue weighted by Crippen LogP contribution is -3.08. The Morgan fingerprint density at radius 3 is 2.79 bits per heavy atom. The lowest BCUT2D eigenvalue weighted by molar-refractivity contribution is -0.886. The van der Waals surface area contributed by atoms with Crippen molar-refractivity contribution in [2.24, 2.45) is 0 Å². The van der Waals surface area contributed by atoms with E-state index >= 15 is 0 Å². The van der Waals surface area contributed by atoms with Gasteiger partial charge in [0.1, 0.15) is 17.3 Å². The third-order valence-corrected chi connectivity index (χ3v) is 6.18. The van der Waals surface area contributed by atoms with Gasteiger partial charge in [-0.25, -0.2) is 0 Å². The molecule has 1 unspecified atom stereocenters. The zero-order valence-corrected chi connectivity index (χ0v) is 18.2. The number of thiophene rings is 1. The van der Waals surface area contributed by atoms with Crippen LogP contribution in [0.2, 0.25) is 0 Å². The van der Waals surface area contributed by atoms with E-state index in [4.69, 9.17) is 9.15 Å². The minimum Gasteiger partial charge on any atom is -0.460 e. The standard InChI is InChI=1S/C21H29N3O4S/c1-14-8-9-15(28-14)12-24(2)13-18(25)23-21-19(20(26)22-10-11-27-3)16-6-4-5-7-17(16)29-21/h8-9H,4-7,10-13H2,1-3H3,(H,22,26)(H,23,25)/p+1. The first kappa shape index (κ1) is 21.5. The van der Waals surface area contributed by atoms with Gasteiger partial charge in [-0.2, -0.15) is 0 Å². The third-order valence-electron chi connectivity index (χ3n) is 4.98. The number of aryl methyl sites for hydroxylation is 2. The van der Waals surface area contributed by atoms with Crippen molar-refractivity contribution in [3.05, 3.63) is 39.7 Å². The van der Waals surface area contributed by atoms with Gasteiger partial charge >= 0.3 is 0 Å². The Balaban J connectivity index is 1.67. The van der Waals surface area contributed by atoms with Crippen LogP contribution in [0, 0.1) is 6.92 Å². The Bertz CT molecular complexity index is 858. The average molecular weight is 421 g/mol. The molecule has 29 heavy (non-hydrogen) atoms. The number of carbonyl (C=O) groups excluding carboxylic acids is 2. The number of fused-ring (bicyclic) bond motifs is 1. The minimum absolute atomic E-state index is 0.102. The fourth-order valence-corrected chi connectivity index (χ4v) is 4.94. The molecule has 0 saturated carbocycles. The van der Waals surface area contributed by atoms with Gasteiger partial charge < -0.3 is 24.7 Å². The second-order valence-corrected chi connectivity index (χ2v) is 8.64. The molecule has 7 nitrogen and oxygen atoms in total. The van der Waals surface area contributed by atoms with E-state index in [0.29, 0.717) is 36.8 Å². The summed E-state index contributed by atoms with van der Waals surface area (Å²) in [6, 6.07) is 3.86. The largest absolute Gasteiger partial charge is 0.460 e. The smallest absolute Gasteiger partial charge is 0.280 e. The number of ether oxygens (including phenoxy) is 1. The number of rotatable bonds is 9. The summed E-state index contributed by atoms with van der Waals surface area (Å²) < 4.78 is 10.6. The lowest BCUT2D eigenvalue weighted by Gasteiger charge is -2.14. The Labute approximate surface area is 175 Å². The molecule has 0 radical (unpaired) electrons. The number of quaternary nitrogens is 1. The number of carbonyl (C=O) groups is 2. The van der Waals surface area contributed by atoms with Crippen LogP contribution in [0.4, 0.5) is 5.00 Å². The summed E-state index contributed by atoms with van der Waals surface area (Å²) in [5, 5.41) is 6.56. The van der Waals surface area contributed by atoms with Crippen molar-refractivity contribution in [1.82, 2.24) is 5.32 Å². The lowest BCUT2D eigenvalue weighted by atomic mass is 9.95. The Morgan fingerprint density at radius 1 is 1.28 bits per heavy atom. The molecule has 0 bridgehead atoms. The Hall–Kier alpha value is -2.16. The van der Waals surface area contributed by atoms with Crippen molar-refractivity contribution >= 4 is 28.2 Å². The third kappa shape index (κ3) is 5.68. The predicted molar refractivity (Wildman–Crippen MR) is 113 cm³/mol. The molecule has 2 heterocycles. The van der Waals surface area contributed by atoms with E-state index in [-0.39, 0.29) is 11.8 Å². The summed E-state index contributed by atoms with van der Waals surface area (Å²) in [5.41, 5.74) is 1.73. The van der Waals surface area contributed by atoms with Crippen molar-refractivity contribution in [3.8, 4) is 0 Å². The highest BCUT2D eigenvalue weighted by atomic mass is 32.1. The summed E-state index contributed by atoms with van der Waals surface area (Å²) in [6.07, 6.45) is 4.06. The molecular weight excluding hydrogens is 390 g/mol. The molecular formula is C21H30N3O4S+. The van der Waals surface area contributed by atoms with Crippen molar-refractivity contribution in [1.29, 1.82) is 0 Å². The number of nitrogens with one attached hydrogen (secondary N) is 3. The van der Waals surface area contributed by atoms with E-state index in [9.17, 15) is 9.59 Å². The van der Waals surface area contributed by atoms with Crippen LogP contribution in [0.1, 0.15) is 45.2 Å². The second-order valence-electron chi connectivity index (χ2n) is 7.53. The molecule has 2 aromatic heterocycles. The number of amides is 2. The van der Waals surface area contributed by atoms with E-state index < -0.39 is 0 Å². The van der Waals surface area contributed by atoms with Crippen LogP contribution in [-0.4, -0.2) is 45.7 Å². The second kappa shape index (κ2) is 10.0. The van der Waals surface area contributed by atoms with Gasteiger partial charge in [-0.1, -0.05) is 0 Å². The number of hydrogen-bond acceptors (Lipinski definition) is 5. The number of likely N-dealkylation sites (N-methyl/N-ethyl adjacent to an activating group) is 1. The molecule has 0 spiro atoms. The predicted octanol–water partition coefficient (Wildman–Crippen LogP) is 1.56. The van der Waals surface area contributed by atoms with Crippen molar-refractivity contribution in [2.75, 3.05) is 39.2 Å². The molecule has 2 amide bonds. The van der Waals surface area contributed by atoms with Gasteiger partial charge in [0, 0.05) is 18.5 Å². The highest BCUT2D eigenvalue weighted by Gasteiger charge is 2.26. The van der Waals surface area contributed by atoms with Crippen molar-refractivity contribution < 1.29 is 23.6 Å². The van der Waals surface area contributed by atoms with Gasteiger partial charge in [-0.05, 0) is 50.3 Å². The van der Waals surface area contributed by atoms with Gasteiger partial charge in [-0.3, -0.25) is 9.59 Å². The van der Waals surface area contributed by atoms with Crippen LogP contribution < -0.4 is 15.5 Å². The molecule has 1 aliphatic rings. The van der Waals surface area contributed by atoms with E-state index in [1.165, 1.54) is 4.88 Å². The molecule has 2 aromatic rings. The molecule has 3 N–H and O–H groups in total. The van der Waals surface area contributed by atoms with Gasteiger partial charge in [0.05, 0.1) is 19.2 Å². The van der Waals surface area contributed by atoms with E-state index in [1.54, 1.807) is 18.4 Å². The SMILES string of the molecule is COCCNC(=O)c1c(NC(=O)C[NH+](C)Cc2ccc(C)o2)sc2c1CCCC2. The van der Waals surface area contributed by atoms with Gasteiger partial charge in [-0.15, -0.1) is 11.3 Å². The molecule has 158 valence electrons. The first-order chi connectivity index (χ1) is 14.0. The topological polar surface area (TPSA) is 85.0 Å². The Morgan fingerprint density at radius 2 is 2.07 bits per heavy atom. The highest BCUT2D eigenvalue weighted by Crippen LogP contribution is 2.38. The monoisotopic (exact) mass is 420 g/mol. The van der Waals surface area contributed by atoms with Crippen LogP contribution in [0.3, 0.4) is 0 Å². The molecule has 0 fully saturated rings. The number of anilines is 1. The summed E-state index contributed by atoms with van der Waals surface area (Å²) in [4.78, 5) is 27.7. The summed E-state index contributed by atoms with van der Waals surface area (Å²) >= 11 is 1.54. The molecule has 8 heteroatoms. The summed E-state index contributed by atoms with van der Waals surface area (Å²) in [5.74, 6) is 1.49. The normalized spacial score (nSPS) is 14.3. The molecule has 1 atom stereocenters. The van der Waals surface area contributed by atoms with Crippen LogP contribution in [0.25, 0.3) is 0 Å². The molecule has 0 aliphatic heterocycles. The minimum atomic E-state index is -0.136. The van der Waals surface area contributed by atoms with Crippen LogP contribution >= 0.6 is 11.3 Å². The molecule has 0 saturated heterocycles. The molecule has 1 aliphatic carbocycles. The number of methoxy groups -OCH3 is 1. The van der Waals surface area contributed by atoms with Crippen molar-refractivity contribution in [3.63, 3.8) is 0 Å². The first-order valence-corrected chi connectivity index (χ1v) is 10.9. The number of furan rings is 1. The summed E-state index contributed by atoms with van der Waals surface area (Å²) in [6.45, 7) is 3.74. The van der Waals surface area contributed by atoms with Crippen LogP contribution in [0.15, 0.2) is 16.5 Å². The van der Waals surface area contributed by atoms with Gasteiger partial charge in [0.15, 0.2) is 12.3 Å². The summed E-state index contributed by atoms with van der Waals surface area (Å²) in [7, 11) is 3.56. The first-order valence-electron chi connectivity index (χ1n) is 10.1. The zero-order chi connectivity index (χ0) is 20.8. The molecule has 0 aromatic carbocycles. The van der Waals surface area contributed by atoms with E-state index in [0.717, 1.165) is 47.7 Å². The van der Waals surface area contributed by atoms with Crippen LogP contribution in [-0.2, 0) is 28.9 Å². The van der Waals surface area contributed by atoms with Crippen LogP contribution in [0.5, 0.6) is 0 Å². The highest BCUT2D eigenvalue weighted by molar-refractivity contribution is 7.17. The fraction of sp³-hybridized carbons (Fsp3) is 0.524. The van der Waals surface area contributed by atoms with Gasteiger partial charge in [0.2, 0.25) is 0 Å². The average Bonchev–Trinajstić information content (AvgIpc) is 3.24. The Kier molecular flexibility index (Phi) is 7.46. The van der Waals surface area contributed by atoms with Gasteiger partial charge in [0.25, 0.3) is 11.8 Å². The van der Waals surface area contributed by atoms with E-state index in [2.05, 4.69) is 10.6 Å². The van der Waals surface area contributed by atoms with E-state index in [1.807, 2.05) is 26.1 Å². The maximum atomic E-state index is 12.8.